The van der Waals surface area contributed by atoms with Gasteiger partial charge in [-0.3, -0.25) is 4.68 Å². The second kappa shape index (κ2) is 5.18. The van der Waals surface area contributed by atoms with Gasteiger partial charge in [-0.05, 0) is 25.8 Å². The fraction of sp³-hybridized carbons (Fsp3) is 0.727. The van der Waals surface area contributed by atoms with Crippen molar-refractivity contribution in [1.29, 1.82) is 0 Å². The van der Waals surface area contributed by atoms with Crippen molar-refractivity contribution in [3.8, 4) is 0 Å². The van der Waals surface area contributed by atoms with E-state index in [2.05, 4.69) is 17.3 Å². The van der Waals surface area contributed by atoms with Gasteiger partial charge in [-0.15, -0.1) is 0 Å². The van der Waals surface area contributed by atoms with Crippen molar-refractivity contribution in [3.05, 3.63) is 18.5 Å². The number of sulfone groups is 1. The predicted octanol–water partition coefficient (Wildman–Crippen LogP) is 0.438. The molecule has 0 amide bonds. The van der Waals surface area contributed by atoms with Gasteiger partial charge in [-0.25, -0.2) is 8.42 Å². The quantitative estimate of drug-likeness (QED) is 0.850. The molecule has 0 radical (unpaired) electrons. The largest absolute Gasteiger partial charge is 0.310 e. The molecule has 1 aliphatic rings. The lowest BCUT2D eigenvalue weighted by atomic mass is 10.1. The molecule has 1 unspecified atom stereocenters. The molecule has 1 atom stereocenters. The average molecular weight is 257 g/mol. The molecule has 0 aliphatic carbocycles. The van der Waals surface area contributed by atoms with Crippen LogP contribution in [-0.2, 0) is 16.4 Å². The van der Waals surface area contributed by atoms with E-state index in [-0.39, 0.29) is 0 Å². The van der Waals surface area contributed by atoms with Crippen LogP contribution in [0.1, 0.15) is 19.8 Å². The Bertz CT molecular complexity index is 427. The Morgan fingerprint density at radius 2 is 2.18 bits per heavy atom. The smallest absolute Gasteiger partial charge is 0.150 e. The maximum Gasteiger partial charge on any atom is 0.150 e. The summed E-state index contributed by atoms with van der Waals surface area (Å²) >= 11 is 0. The number of rotatable bonds is 4. The van der Waals surface area contributed by atoms with Crippen molar-refractivity contribution >= 4 is 9.84 Å². The fourth-order valence-electron chi connectivity index (χ4n) is 2.20. The Hall–Kier alpha value is -0.880. The van der Waals surface area contributed by atoms with Crippen molar-refractivity contribution in [1.82, 2.24) is 15.1 Å². The van der Waals surface area contributed by atoms with E-state index >= 15 is 0 Å². The van der Waals surface area contributed by atoms with Gasteiger partial charge in [0.2, 0.25) is 0 Å². The van der Waals surface area contributed by atoms with Gasteiger partial charge in [-0.2, -0.15) is 5.10 Å². The van der Waals surface area contributed by atoms with E-state index < -0.39 is 9.84 Å². The minimum Gasteiger partial charge on any atom is -0.310 e. The maximum atomic E-state index is 11.3. The lowest BCUT2D eigenvalue weighted by molar-refractivity contribution is 0.374. The summed E-state index contributed by atoms with van der Waals surface area (Å²) in [5, 5.41) is 7.62. The first-order chi connectivity index (χ1) is 8.05. The molecule has 1 N–H and O–H groups in total. The van der Waals surface area contributed by atoms with Crippen molar-refractivity contribution < 1.29 is 8.42 Å². The molecule has 2 heterocycles. The van der Waals surface area contributed by atoms with E-state index in [1.807, 2.05) is 16.9 Å². The molecule has 0 spiro atoms. The zero-order chi connectivity index (χ0) is 12.3. The molecule has 1 saturated heterocycles. The molecule has 6 heteroatoms. The summed E-state index contributed by atoms with van der Waals surface area (Å²) in [6, 6.07) is 2.53. The number of hydrogen-bond donors (Lipinski definition) is 1. The highest BCUT2D eigenvalue weighted by Gasteiger charge is 2.24. The molecule has 1 aliphatic heterocycles. The van der Waals surface area contributed by atoms with E-state index in [9.17, 15) is 8.42 Å². The minimum atomic E-state index is -2.76. The first kappa shape index (κ1) is 12.6. The van der Waals surface area contributed by atoms with Gasteiger partial charge >= 0.3 is 0 Å². The van der Waals surface area contributed by atoms with Crippen LogP contribution in [0.2, 0.25) is 0 Å². The molecular formula is C11H19N3O2S. The lowest BCUT2D eigenvalue weighted by Crippen LogP contribution is -2.43. The van der Waals surface area contributed by atoms with Crippen LogP contribution in [0.25, 0.3) is 0 Å². The van der Waals surface area contributed by atoms with E-state index in [0.717, 1.165) is 19.4 Å². The molecule has 2 rings (SSSR count). The van der Waals surface area contributed by atoms with E-state index in [1.165, 1.54) is 0 Å². The third-order valence-corrected chi connectivity index (χ3v) is 4.81. The van der Waals surface area contributed by atoms with Gasteiger partial charge in [0.05, 0.1) is 18.1 Å². The van der Waals surface area contributed by atoms with E-state index in [4.69, 9.17) is 0 Å². The molecule has 96 valence electrons. The highest BCUT2D eigenvalue weighted by atomic mass is 32.2. The molecule has 0 saturated carbocycles. The first-order valence-corrected chi connectivity index (χ1v) is 7.81. The number of aromatic nitrogens is 2. The molecule has 5 nitrogen and oxygen atoms in total. The summed E-state index contributed by atoms with van der Waals surface area (Å²) in [7, 11) is -2.76. The molecule has 1 fully saturated rings. The first-order valence-electron chi connectivity index (χ1n) is 5.99. The van der Waals surface area contributed by atoms with Crippen molar-refractivity contribution in [2.75, 3.05) is 11.5 Å². The normalized spacial score (nSPS) is 22.4. The lowest BCUT2D eigenvalue weighted by Gasteiger charge is -2.26. The minimum absolute atomic E-state index is 0.306. The highest BCUT2D eigenvalue weighted by Crippen LogP contribution is 2.12. The second-order valence-electron chi connectivity index (χ2n) is 4.72. The van der Waals surface area contributed by atoms with Gasteiger partial charge in [-0.1, -0.05) is 0 Å². The van der Waals surface area contributed by atoms with Gasteiger partial charge in [0, 0.05) is 24.5 Å². The topological polar surface area (TPSA) is 64.0 Å². The Morgan fingerprint density at radius 1 is 1.47 bits per heavy atom. The third-order valence-electron chi connectivity index (χ3n) is 3.09. The van der Waals surface area contributed by atoms with Crippen LogP contribution in [0.3, 0.4) is 0 Å². The summed E-state index contributed by atoms with van der Waals surface area (Å²) in [6.07, 6.45) is 5.15. The van der Waals surface area contributed by atoms with Crippen LogP contribution >= 0.6 is 0 Å². The molecular weight excluding hydrogens is 238 g/mol. The van der Waals surface area contributed by atoms with Gasteiger partial charge in [0.1, 0.15) is 9.84 Å². The molecule has 1 aromatic heterocycles. The van der Waals surface area contributed by atoms with Crippen LogP contribution in [0.4, 0.5) is 0 Å². The Kier molecular flexibility index (Phi) is 3.83. The maximum absolute atomic E-state index is 11.3. The van der Waals surface area contributed by atoms with Crippen molar-refractivity contribution in [2.24, 2.45) is 0 Å². The summed E-state index contributed by atoms with van der Waals surface area (Å²) in [5.74, 6) is 0.637. The fourth-order valence-corrected chi connectivity index (χ4v) is 3.69. The molecule has 0 aromatic carbocycles. The molecule has 1 aromatic rings. The number of hydrogen-bond acceptors (Lipinski definition) is 4. The van der Waals surface area contributed by atoms with Crippen LogP contribution in [0.5, 0.6) is 0 Å². The zero-order valence-electron chi connectivity index (χ0n) is 10.0. The van der Waals surface area contributed by atoms with Crippen molar-refractivity contribution in [2.45, 2.75) is 38.4 Å². The summed E-state index contributed by atoms with van der Waals surface area (Å²) in [5.41, 5.74) is 0. The number of nitrogens with zero attached hydrogens (tertiary/aromatic N) is 2. The molecule has 0 bridgehead atoms. The monoisotopic (exact) mass is 257 g/mol. The Morgan fingerprint density at radius 3 is 2.76 bits per heavy atom. The predicted molar refractivity (Wildman–Crippen MR) is 66.5 cm³/mol. The van der Waals surface area contributed by atoms with Gasteiger partial charge in [0.25, 0.3) is 0 Å². The van der Waals surface area contributed by atoms with Crippen LogP contribution in [0.15, 0.2) is 18.5 Å². The average Bonchev–Trinajstić information content (AvgIpc) is 2.74. The SMILES string of the molecule is CC(Cn1cccn1)NC1CCS(=O)(=O)CC1. The molecule has 17 heavy (non-hydrogen) atoms. The van der Waals surface area contributed by atoms with Gasteiger partial charge < -0.3 is 5.32 Å². The summed E-state index contributed by atoms with van der Waals surface area (Å²) in [6.45, 7) is 2.92. The Labute approximate surface area is 102 Å². The number of nitrogens with one attached hydrogen (secondary N) is 1. The van der Waals surface area contributed by atoms with Crippen LogP contribution in [0, 0.1) is 0 Å². The summed E-state index contributed by atoms with van der Waals surface area (Å²) < 4.78 is 24.5. The second-order valence-corrected chi connectivity index (χ2v) is 7.03. The van der Waals surface area contributed by atoms with Crippen molar-refractivity contribution in [3.63, 3.8) is 0 Å². The third kappa shape index (κ3) is 3.81. The van der Waals surface area contributed by atoms with E-state index in [0.29, 0.717) is 23.6 Å². The van der Waals surface area contributed by atoms with E-state index in [1.54, 1.807) is 6.20 Å². The zero-order valence-corrected chi connectivity index (χ0v) is 10.9. The highest BCUT2D eigenvalue weighted by molar-refractivity contribution is 7.91. The van der Waals surface area contributed by atoms with Crippen LogP contribution in [-0.4, -0.2) is 41.8 Å². The van der Waals surface area contributed by atoms with Crippen LogP contribution < -0.4 is 5.32 Å². The Balaban J connectivity index is 1.78. The van der Waals surface area contributed by atoms with Gasteiger partial charge in [0.15, 0.2) is 0 Å². The summed E-state index contributed by atoms with van der Waals surface area (Å²) in [4.78, 5) is 0. The standard InChI is InChI=1S/C11H19N3O2S/c1-10(9-14-6-2-5-12-14)13-11-3-7-17(15,16)8-4-11/h2,5-6,10-11,13H,3-4,7-9H2,1H3.